The minimum atomic E-state index is -0.183. The van der Waals surface area contributed by atoms with Crippen LogP contribution in [0.2, 0.25) is 0 Å². The van der Waals surface area contributed by atoms with Crippen molar-refractivity contribution < 1.29 is 14.9 Å². The molecule has 0 aliphatic heterocycles. The van der Waals surface area contributed by atoms with Gasteiger partial charge in [-0.1, -0.05) is 26.3 Å². The third kappa shape index (κ3) is 2.80. The summed E-state index contributed by atoms with van der Waals surface area (Å²) in [5, 5.41) is 20.6. The Morgan fingerprint density at radius 3 is 2.88 bits per heavy atom. The quantitative estimate of drug-likeness (QED) is 0.796. The number of benzene rings is 1. The van der Waals surface area contributed by atoms with Gasteiger partial charge in [0.1, 0.15) is 5.75 Å². The predicted molar refractivity (Wildman–Crippen MR) is 98.8 cm³/mol. The molecule has 138 valence electrons. The molecule has 0 spiro atoms. The van der Waals surface area contributed by atoms with E-state index in [-0.39, 0.29) is 17.6 Å². The van der Waals surface area contributed by atoms with E-state index < -0.39 is 0 Å². The fourth-order valence-electron chi connectivity index (χ4n) is 6.13. The van der Waals surface area contributed by atoms with E-state index >= 15 is 0 Å². The van der Waals surface area contributed by atoms with Crippen LogP contribution < -0.4 is 0 Å². The highest BCUT2D eigenvalue weighted by molar-refractivity contribution is 5.41. The fourth-order valence-corrected chi connectivity index (χ4v) is 6.13. The molecule has 25 heavy (non-hydrogen) atoms. The molecule has 0 saturated heterocycles. The van der Waals surface area contributed by atoms with Gasteiger partial charge in [-0.3, -0.25) is 0 Å². The molecule has 0 radical (unpaired) electrons. The van der Waals surface area contributed by atoms with Crippen molar-refractivity contribution in [3.63, 3.8) is 0 Å². The van der Waals surface area contributed by atoms with Gasteiger partial charge in [-0.25, -0.2) is 0 Å². The van der Waals surface area contributed by atoms with Gasteiger partial charge in [0.2, 0.25) is 0 Å². The zero-order chi connectivity index (χ0) is 17.6. The molecule has 3 aliphatic carbocycles. The monoisotopic (exact) mass is 344 g/mol. The van der Waals surface area contributed by atoms with Crippen LogP contribution in [0.25, 0.3) is 0 Å². The Balaban J connectivity index is 1.70. The first kappa shape index (κ1) is 17.4. The molecule has 1 aromatic rings. The summed E-state index contributed by atoms with van der Waals surface area (Å²) in [7, 11) is 0. The van der Waals surface area contributed by atoms with E-state index in [0.717, 1.165) is 51.6 Å². The van der Waals surface area contributed by atoms with Gasteiger partial charge >= 0.3 is 0 Å². The lowest BCUT2D eigenvalue weighted by molar-refractivity contribution is -0.105. The summed E-state index contributed by atoms with van der Waals surface area (Å²) >= 11 is 0. The minimum Gasteiger partial charge on any atom is -0.508 e. The van der Waals surface area contributed by atoms with E-state index in [1.54, 1.807) is 0 Å². The Morgan fingerprint density at radius 1 is 1.24 bits per heavy atom. The lowest BCUT2D eigenvalue weighted by Crippen LogP contribution is -2.50. The van der Waals surface area contributed by atoms with Crippen LogP contribution in [-0.4, -0.2) is 29.0 Å². The summed E-state index contributed by atoms with van der Waals surface area (Å²) < 4.78 is 6.43. The number of aliphatic hydroxyl groups is 1. The zero-order valence-electron chi connectivity index (χ0n) is 15.6. The van der Waals surface area contributed by atoms with Crippen LogP contribution in [0.1, 0.15) is 69.4 Å². The molecule has 3 aliphatic rings. The molecule has 6 atom stereocenters. The number of hydrogen-bond donors (Lipinski definition) is 2. The van der Waals surface area contributed by atoms with E-state index in [1.165, 1.54) is 11.1 Å². The number of phenolic OH excluding ortho intramolecular Hbond substituents is 1. The highest BCUT2D eigenvalue weighted by Gasteiger charge is 2.57. The van der Waals surface area contributed by atoms with Gasteiger partial charge in [0.15, 0.2) is 0 Å². The van der Waals surface area contributed by atoms with E-state index in [2.05, 4.69) is 19.9 Å². The van der Waals surface area contributed by atoms with Crippen LogP contribution in [-0.2, 0) is 11.2 Å². The van der Waals surface area contributed by atoms with Gasteiger partial charge in [0, 0.05) is 12.5 Å². The van der Waals surface area contributed by atoms with Crippen LogP contribution in [0, 0.1) is 17.3 Å². The number of unbranched alkanes of at least 4 members (excludes halogenated alkanes) is 1. The molecule has 2 fully saturated rings. The number of fused-ring (bicyclic) bond motifs is 5. The highest BCUT2D eigenvalue weighted by atomic mass is 16.5. The fraction of sp³-hybridized carbons (Fsp3) is 0.727. The maximum absolute atomic E-state index is 10.7. The first-order valence-corrected chi connectivity index (χ1v) is 10.2. The lowest BCUT2D eigenvalue weighted by Gasteiger charge is -2.53. The molecule has 0 aromatic heterocycles. The van der Waals surface area contributed by atoms with Crippen molar-refractivity contribution in [1.82, 2.24) is 0 Å². The van der Waals surface area contributed by atoms with Crippen molar-refractivity contribution in [1.29, 1.82) is 0 Å². The standard InChI is InChI=1S/C22H32O3/c1-3-4-11-25-19-13-22(2)18(9-10-20(22)24)17-7-5-14-12-15(23)6-8-16(14)21(17)19/h6,8,12,17-21,23-24H,3-5,7,9-11,13H2,1-2H3/t17?,18?,19-,20?,21?,22?/m0/s1. The van der Waals surface area contributed by atoms with Crippen molar-refractivity contribution in [3.05, 3.63) is 29.3 Å². The minimum absolute atomic E-state index is 0.00642. The van der Waals surface area contributed by atoms with Crippen molar-refractivity contribution in [2.24, 2.45) is 17.3 Å². The average Bonchev–Trinajstić information content (AvgIpc) is 2.89. The van der Waals surface area contributed by atoms with Gasteiger partial charge in [-0.2, -0.15) is 0 Å². The second-order valence-corrected chi connectivity index (χ2v) is 8.78. The molecule has 1 aromatic carbocycles. The van der Waals surface area contributed by atoms with Crippen LogP contribution in [0.5, 0.6) is 5.75 Å². The van der Waals surface area contributed by atoms with Gasteiger partial charge in [-0.15, -0.1) is 0 Å². The Morgan fingerprint density at radius 2 is 2.08 bits per heavy atom. The van der Waals surface area contributed by atoms with Crippen LogP contribution in [0.4, 0.5) is 0 Å². The predicted octanol–water partition coefficient (Wildman–Crippen LogP) is 4.40. The van der Waals surface area contributed by atoms with Gasteiger partial charge in [0.25, 0.3) is 0 Å². The van der Waals surface area contributed by atoms with Crippen molar-refractivity contribution in [2.45, 2.75) is 76.9 Å². The summed E-state index contributed by atoms with van der Waals surface area (Å²) in [5.41, 5.74) is 2.69. The van der Waals surface area contributed by atoms with E-state index in [9.17, 15) is 10.2 Å². The lowest BCUT2D eigenvalue weighted by atomic mass is 9.54. The first-order chi connectivity index (χ1) is 12.0. The Kier molecular flexibility index (Phi) is 4.57. The van der Waals surface area contributed by atoms with Crippen molar-refractivity contribution >= 4 is 0 Å². The molecular weight excluding hydrogens is 312 g/mol. The SMILES string of the molecule is CCCCO[C@H]1CC2(C)C(O)CCC2C2CCc3cc(O)ccc3C21. The number of ether oxygens (including phenoxy) is 1. The van der Waals surface area contributed by atoms with Crippen LogP contribution >= 0.6 is 0 Å². The molecule has 3 heteroatoms. The Hall–Kier alpha value is -1.06. The van der Waals surface area contributed by atoms with Gasteiger partial charge in [0.05, 0.1) is 12.2 Å². The molecule has 4 rings (SSSR count). The molecule has 2 N–H and O–H groups in total. The number of phenols is 1. The first-order valence-electron chi connectivity index (χ1n) is 10.2. The van der Waals surface area contributed by atoms with E-state index in [0.29, 0.717) is 23.5 Å². The average molecular weight is 344 g/mol. The zero-order valence-corrected chi connectivity index (χ0v) is 15.6. The van der Waals surface area contributed by atoms with Gasteiger partial charge in [-0.05, 0) is 79.0 Å². The third-order valence-corrected chi connectivity index (χ3v) is 7.44. The van der Waals surface area contributed by atoms with E-state index in [4.69, 9.17) is 4.74 Å². The largest absolute Gasteiger partial charge is 0.508 e. The Bertz CT molecular complexity index is 628. The molecule has 0 heterocycles. The summed E-state index contributed by atoms with van der Waals surface area (Å²) in [5.74, 6) is 1.99. The maximum atomic E-state index is 10.7. The topological polar surface area (TPSA) is 49.7 Å². The van der Waals surface area contributed by atoms with Crippen LogP contribution in [0.15, 0.2) is 18.2 Å². The molecule has 2 saturated carbocycles. The summed E-state index contributed by atoms with van der Waals surface area (Å²) in [6, 6.07) is 5.92. The van der Waals surface area contributed by atoms with E-state index in [1.807, 2.05) is 12.1 Å². The molecule has 5 unspecified atom stereocenters. The normalized spacial score (nSPS) is 39.6. The Labute approximate surface area is 151 Å². The molecule has 0 bridgehead atoms. The smallest absolute Gasteiger partial charge is 0.115 e. The summed E-state index contributed by atoms with van der Waals surface area (Å²) in [6.07, 6.45) is 7.49. The summed E-state index contributed by atoms with van der Waals surface area (Å²) in [4.78, 5) is 0. The van der Waals surface area contributed by atoms with Crippen molar-refractivity contribution in [3.8, 4) is 5.75 Å². The number of aliphatic hydroxyl groups excluding tert-OH is 1. The summed E-state index contributed by atoms with van der Waals surface area (Å²) in [6.45, 7) is 5.31. The maximum Gasteiger partial charge on any atom is 0.115 e. The molecule has 3 nitrogen and oxygen atoms in total. The van der Waals surface area contributed by atoms with Crippen molar-refractivity contribution in [2.75, 3.05) is 6.61 Å². The molecule has 0 amide bonds. The van der Waals surface area contributed by atoms with Gasteiger partial charge < -0.3 is 14.9 Å². The number of aromatic hydroxyl groups is 1. The highest BCUT2D eigenvalue weighted by Crippen LogP contribution is 2.61. The van der Waals surface area contributed by atoms with Crippen LogP contribution in [0.3, 0.4) is 0 Å². The number of aryl methyl sites for hydroxylation is 1. The second-order valence-electron chi connectivity index (χ2n) is 8.78. The number of hydrogen-bond acceptors (Lipinski definition) is 3. The third-order valence-electron chi connectivity index (χ3n) is 7.44. The second kappa shape index (κ2) is 6.59. The number of rotatable bonds is 4. The molecular formula is C22H32O3.